The first-order valence-corrected chi connectivity index (χ1v) is 16.5. The molecule has 0 amide bonds. The summed E-state index contributed by atoms with van der Waals surface area (Å²) in [4.78, 5) is 57.4. The zero-order valence-corrected chi connectivity index (χ0v) is 32.0. The van der Waals surface area contributed by atoms with Gasteiger partial charge in [-0.15, -0.1) is 0 Å². The molecular formula is C29H44Cl3N9O7S2. The van der Waals surface area contributed by atoms with Gasteiger partial charge in [0.15, 0.2) is 0 Å². The molecule has 3 heterocycles. The Hall–Kier alpha value is -2.75. The predicted molar refractivity (Wildman–Crippen MR) is 197 cm³/mol. The van der Waals surface area contributed by atoms with E-state index in [1.807, 2.05) is 9.77 Å². The topological polar surface area (TPSA) is 208 Å². The third-order valence-corrected chi connectivity index (χ3v) is 5.69. The van der Waals surface area contributed by atoms with Gasteiger partial charge in [-0.3, -0.25) is 4.79 Å². The van der Waals surface area contributed by atoms with E-state index in [1.54, 1.807) is 51.9 Å². The summed E-state index contributed by atoms with van der Waals surface area (Å²) in [6, 6.07) is 5.02. The van der Waals surface area contributed by atoms with E-state index in [2.05, 4.69) is 76.5 Å². The van der Waals surface area contributed by atoms with Crippen molar-refractivity contribution in [3.63, 3.8) is 0 Å². The van der Waals surface area contributed by atoms with Crippen molar-refractivity contribution in [1.82, 2.24) is 39.7 Å². The maximum absolute atomic E-state index is 11.1. The summed E-state index contributed by atoms with van der Waals surface area (Å²) < 4.78 is 14.4. The molecule has 0 fully saturated rings. The summed E-state index contributed by atoms with van der Waals surface area (Å²) in [5.74, 6) is 0.629. The second-order valence-electron chi connectivity index (χ2n) is 8.66. The molecule has 4 N–H and O–H groups in total. The minimum atomic E-state index is -0.546. The number of carbonyl (C=O) groups excluding carboxylic acids is 2. The Morgan fingerprint density at radius 3 is 1.70 bits per heavy atom. The first-order valence-electron chi connectivity index (χ1n) is 14.5. The van der Waals surface area contributed by atoms with Gasteiger partial charge in [-0.1, -0.05) is 65.2 Å². The maximum Gasteiger partial charge on any atom is 0.349 e. The Morgan fingerprint density at radius 2 is 1.30 bits per heavy atom. The van der Waals surface area contributed by atoms with Gasteiger partial charge >= 0.3 is 11.9 Å². The molecule has 280 valence electrons. The summed E-state index contributed by atoms with van der Waals surface area (Å²) in [5, 5.41) is 1.04. The predicted octanol–water partition coefficient (Wildman–Crippen LogP) is 4.03. The number of aromatic nitrogens is 6. The highest BCUT2D eigenvalue weighted by Gasteiger charge is 2.05. The fourth-order valence-corrected chi connectivity index (χ4v) is 3.47. The Labute approximate surface area is 318 Å². The zero-order valence-electron chi connectivity index (χ0n) is 28.0. The second-order valence-corrected chi connectivity index (χ2v) is 10.1. The highest BCUT2D eigenvalue weighted by atomic mass is 35.5. The van der Waals surface area contributed by atoms with Crippen LogP contribution in [0.25, 0.3) is 0 Å². The highest BCUT2D eigenvalue weighted by Crippen LogP contribution is 2.06. The molecule has 0 atom stereocenters. The number of ether oxygens (including phenoxy) is 3. The van der Waals surface area contributed by atoms with Gasteiger partial charge in [-0.05, 0) is 42.6 Å². The summed E-state index contributed by atoms with van der Waals surface area (Å²) >= 11 is 23.4. The number of methoxy groups -OCH3 is 3. The van der Waals surface area contributed by atoms with Crippen LogP contribution in [0.15, 0.2) is 49.4 Å². The standard InChI is InChI=1S/C11H17N3O3S.C8H11ClN2O.C4H2Cl2N2.C3H5NO2S.C3H9NO/c1-16-8-2-3-10-12-7-6-9(13-10)4-5-11(15)17-14-18;1-12-6-2-3-8-10-5-4-7(9)11-8;5-3-1-2-7-4(6)8-3;1-2-3(5)6-4-7;1-5-3-2-4/h6-7,14,18H,2-5,8H2,1H3;4-5H,2-3,6H2,1H3;1-2H;2,4,7H,1H2;2-4H2,1H3. The van der Waals surface area contributed by atoms with Crippen molar-refractivity contribution in [1.29, 1.82) is 0 Å². The fourth-order valence-electron chi connectivity index (χ4n) is 2.80. The van der Waals surface area contributed by atoms with Crippen molar-refractivity contribution >= 4 is 72.4 Å². The monoisotopic (exact) mass is 799 g/mol. The molecule has 0 bridgehead atoms. The van der Waals surface area contributed by atoms with Gasteiger partial charge in [0, 0.05) is 90.7 Å². The smallest absolute Gasteiger partial charge is 0.349 e. The molecule has 0 aromatic carbocycles. The number of nitrogens with two attached hydrogens (primary N) is 1. The average molecular weight is 801 g/mol. The third-order valence-electron chi connectivity index (χ3n) is 4.90. The Morgan fingerprint density at radius 1 is 0.780 bits per heavy atom. The lowest BCUT2D eigenvalue weighted by molar-refractivity contribution is -0.146. The molecule has 3 aromatic heterocycles. The van der Waals surface area contributed by atoms with Crippen molar-refractivity contribution in [2.24, 2.45) is 5.73 Å². The van der Waals surface area contributed by atoms with Crippen LogP contribution in [-0.4, -0.2) is 89.5 Å². The van der Waals surface area contributed by atoms with E-state index in [0.29, 0.717) is 36.5 Å². The van der Waals surface area contributed by atoms with Gasteiger partial charge in [0.2, 0.25) is 5.28 Å². The Bertz CT molecular complexity index is 1290. The molecule has 0 aliphatic carbocycles. The molecule has 0 aliphatic rings. The van der Waals surface area contributed by atoms with Gasteiger partial charge in [0.05, 0.1) is 13.0 Å². The number of thiol groups is 2. The first kappa shape index (κ1) is 49.4. The maximum atomic E-state index is 11.1. The van der Waals surface area contributed by atoms with Gasteiger partial charge in [-0.2, -0.15) is 0 Å². The van der Waals surface area contributed by atoms with Crippen LogP contribution in [0, 0.1) is 0 Å². The van der Waals surface area contributed by atoms with Crippen LogP contribution in [0.1, 0.15) is 36.6 Å². The van der Waals surface area contributed by atoms with Crippen LogP contribution in [0.4, 0.5) is 0 Å². The number of rotatable bonds is 16. The van der Waals surface area contributed by atoms with Crippen molar-refractivity contribution in [3.8, 4) is 0 Å². The quantitative estimate of drug-likeness (QED) is 0.0346. The van der Waals surface area contributed by atoms with Crippen molar-refractivity contribution < 1.29 is 33.5 Å². The molecule has 0 saturated heterocycles. The summed E-state index contributed by atoms with van der Waals surface area (Å²) in [7, 11) is 4.98. The second kappa shape index (κ2) is 36.1. The van der Waals surface area contributed by atoms with Crippen LogP contribution in [0.3, 0.4) is 0 Å². The fraction of sp³-hybridized carbons (Fsp3) is 0.448. The van der Waals surface area contributed by atoms with Crippen LogP contribution in [0.5, 0.6) is 0 Å². The number of halogens is 3. The zero-order chi connectivity index (χ0) is 37.8. The van der Waals surface area contributed by atoms with E-state index in [4.69, 9.17) is 50.0 Å². The van der Waals surface area contributed by atoms with E-state index in [9.17, 15) is 9.59 Å². The van der Waals surface area contributed by atoms with Crippen molar-refractivity contribution in [2.45, 2.75) is 38.5 Å². The lowest BCUT2D eigenvalue weighted by Gasteiger charge is -2.03. The van der Waals surface area contributed by atoms with Crippen LogP contribution >= 0.6 is 60.4 Å². The molecule has 3 aromatic rings. The molecule has 3 rings (SSSR count). The highest BCUT2D eigenvalue weighted by molar-refractivity contribution is 7.78. The molecule has 0 radical (unpaired) electrons. The Kier molecular flexibility index (Phi) is 35.6. The van der Waals surface area contributed by atoms with E-state index in [0.717, 1.165) is 55.7 Å². The lowest BCUT2D eigenvalue weighted by Crippen LogP contribution is -2.12. The summed E-state index contributed by atoms with van der Waals surface area (Å²) in [6.07, 6.45) is 10.1. The molecule has 21 heteroatoms. The van der Waals surface area contributed by atoms with Gasteiger partial charge in [0.25, 0.3) is 0 Å². The third kappa shape index (κ3) is 32.5. The largest absolute Gasteiger partial charge is 0.385 e. The number of hydrogen-bond donors (Lipinski definition) is 5. The van der Waals surface area contributed by atoms with E-state index in [1.165, 1.54) is 6.20 Å². The molecule has 0 aliphatic heterocycles. The Balaban J connectivity index is 0. The first-order chi connectivity index (χ1) is 24.1. The SMILES string of the molecule is C=CC(=O)ONS.COCCCc1nccc(CCC(=O)ONS)n1.COCCCc1nccc(Cl)n1.COCCN.Clc1ccnc(Cl)n1. The van der Waals surface area contributed by atoms with Gasteiger partial charge in [-0.25, -0.2) is 34.7 Å². The number of nitrogens with zero attached hydrogens (tertiary/aromatic N) is 6. The number of nitrogens with one attached hydrogen (secondary N) is 2. The van der Waals surface area contributed by atoms with Gasteiger partial charge < -0.3 is 29.6 Å². The van der Waals surface area contributed by atoms with E-state index in [-0.39, 0.29) is 17.7 Å². The minimum Gasteiger partial charge on any atom is -0.385 e. The van der Waals surface area contributed by atoms with Gasteiger partial charge in [0.1, 0.15) is 22.0 Å². The lowest BCUT2D eigenvalue weighted by atomic mass is 10.2. The average Bonchev–Trinajstić information content (AvgIpc) is 3.09. The summed E-state index contributed by atoms with van der Waals surface area (Å²) in [6.45, 7) is 5.84. The van der Waals surface area contributed by atoms with Crippen LogP contribution in [-0.2, 0) is 52.7 Å². The molecular weight excluding hydrogens is 757 g/mol. The number of aryl methyl sites for hydroxylation is 3. The summed E-state index contributed by atoms with van der Waals surface area (Å²) in [5.41, 5.74) is 5.84. The van der Waals surface area contributed by atoms with E-state index < -0.39 is 5.97 Å². The molecule has 0 spiro atoms. The molecule has 0 unspecified atom stereocenters. The number of hydrogen-bond acceptors (Lipinski definition) is 18. The molecule has 0 saturated carbocycles. The van der Waals surface area contributed by atoms with Crippen LogP contribution in [0.2, 0.25) is 15.6 Å². The van der Waals surface area contributed by atoms with Crippen LogP contribution < -0.4 is 15.5 Å². The minimum absolute atomic E-state index is 0.178. The molecule has 50 heavy (non-hydrogen) atoms. The molecule has 16 nitrogen and oxygen atoms in total. The van der Waals surface area contributed by atoms with Crippen molar-refractivity contribution in [2.75, 3.05) is 47.7 Å². The number of carbonyl (C=O) groups is 2. The van der Waals surface area contributed by atoms with Crippen molar-refractivity contribution in [3.05, 3.63) is 82.4 Å². The van der Waals surface area contributed by atoms with E-state index >= 15 is 0 Å². The normalized spacial score (nSPS) is 9.54.